The first kappa shape index (κ1) is 29.7. The molecule has 12 nitrogen and oxygen atoms in total. The Bertz CT molecular complexity index is 1860. The lowest BCUT2D eigenvalue weighted by atomic mass is 9.96. The van der Waals surface area contributed by atoms with Gasteiger partial charge < -0.3 is 30.0 Å². The van der Waals surface area contributed by atoms with E-state index in [0.29, 0.717) is 64.8 Å². The van der Waals surface area contributed by atoms with Crippen LogP contribution in [0.25, 0.3) is 22.2 Å². The number of fused-ring (bicyclic) bond motifs is 1. The molecule has 1 saturated heterocycles. The van der Waals surface area contributed by atoms with Gasteiger partial charge in [0.05, 0.1) is 48.2 Å². The van der Waals surface area contributed by atoms with Crippen molar-refractivity contribution in [3.8, 4) is 16.9 Å². The third-order valence-electron chi connectivity index (χ3n) is 7.56. The number of hydrogen-bond donors (Lipinski definition) is 3. The van der Waals surface area contributed by atoms with Gasteiger partial charge in [0.25, 0.3) is 0 Å². The van der Waals surface area contributed by atoms with Crippen molar-refractivity contribution in [3.63, 3.8) is 0 Å². The third-order valence-corrected chi connectivity index (χ3v) is 9.09. The van der Waals surface area contributed by atoms with Crippen molar-refractivity contribution in [2.75, 3.05) is 50.8 Å². The second-order valence-corrected chi connectivity index (χ2v) is 14.2. The van der Waals surface area contributed by atoms with Gasteiger partial charge in [0.2, 0.25) is 5.95 Å². The summed E-state index contributed by atoms with van der Waals surface area (Å²) in [6.07, 6.45) is 9.42. The van der Waals surface area contributed by atoms with Crippen molar-refractivity contribution in [3.05, 3.63) is 66.4 Å². The van der Waals surface area contributed by atoms with Crippen LogP contribution in [0.15, 0.2) is 55.2 Å². The van der Waals surface area contributed by atoms with Gasteiger partial charge >= 0.3 is 0 Å². The first-order chi connectivity index (χ1) is 21.2. The minimum atomic E-state index is -2.75. The molecule has 1 aliphatic rings. The van der Waals surface area contributed by atoms with Crippen LogP contribution in [0.4, 0.5) is 23.1 Å². The van der Waals surface area contributed by atoms with E-state index in [1.165, 1.54) is 0 Å². The summed E-state index contributed by atoms with van der Waals surface area (Å²) in [5, 5.41) is 15.3. The standard InChI is InChI=1S/C31H36N9O3P/c1-6-19-15-35-31(39-30(19)37-24-8-7-23-28(34-10-9-33-23)29(24)44(4,5)41)38-25-13-21(20-16-36-40(2)18-20)22(14-26(25)42-3)27-17-32-11-12-43-27/h7-10,13-16,18,27,32H,6,11-12,17H2,1-5H3,(H2,35,37,38,39). The second kappa shape index (κ2) is 12.3. The van der Waals surface area contributed by atoms with Gasteiger partial charge in [0, 0.05) is 56.1 Å². The molecular formula is C31H36N9O3P. The Balaban J connectivity index is 1.40. The summed E-state index contributed by atoms with van der Waals surface area (Å²) in [6, 6.07) is 7.78. The average Bonchev–Trinajstić information content (AvgIpc) is 3.46. The number of morpholine rings is 1. The Morgan fingerprint density at radius 2 is 1.95 bits per heavy atom. The topological polar surface area (TPSA) is 141 Å². The molecule has 6 rings (SSSR count). The van der Waals surface area contributed by atoms with Crippen LogP contribution in [0.1, 0.15) is 24.2 Å². The summed E-state index contributed by atoms with van der Waals surface area (Å²) in [5.74, 6) is 1.61. The normalized spacial score (nSPS) is 15.3. The highest BCUT2D eigenvalue weighted by atomic mass is 31.2. The van der Waals surface area contributed by atoms with Gasteiger partial charge in [-0.05, 0) is 55.1 Å². The highest BCUT2D eigenvalue weighted by molar-refractivity contribution is 7.71. The molecule has 228 valence electrons. The molecule has 44 heavy (non-hydrogen) atoms. The molecule has 3 aromatic heterocycles. The Kier molecular flexibility index (Phi) is 8.31. The van der Waals surface area contributed by atoms with Gasteiger partial charge in [-0.15, -0.1) is 0 Å². The third kappa shape index (κ3) is 6.01. The predicted octanol–water partition coefficient (Wildman–Crippen LogP) is 4.79. The number of methoxy groups -OCH3 is 1. The molecule has 4 heterocycles. The number of nitrogens with one attached hydrogen (secondary N) is 3. The summed E-state index contributed by atoms with van der Waals surface area (Å²) < 4.78 is 27.2. The van der Waals surface area contributed by atoms with Crippen molar-refractivity contribution in [1.82, 2.24) is 35.0 Å². The summed E-state index contributed by atoms with van der Waals surface area (Å²) >= 11 is 0. The van der Waals surface area contributed by atoms with E-state index < -0.39 is 7.14 Å². The highest BCUT2D eigenvalue weighted by Crippen LogP contribution is 2.42. The smallest absolute Gasteiger partial charge is 0.229 e. The molecular weight excluding hydrogens is 577 g/mol. The Morgan fingerprint density at radius 1 is 1.11 bits per heavy atom. The van der Waals surface area contributed by atoms with E-state index in [2.05, 4.69) is 36.0 Å². The Hall–Kier alpha value is -4.38. The van der Waals surface area contributed by atoms with Crippen molar-refractivity contribution < 1.29 is 14.0 Å². The van der Waals surface area contributed by atoms with Crippen molar-refractivity contribution in [1.29, 1.82) is 0 Å². The van der Waals surface area contributed by atoms with Crippen LogP contribution in [-0.4, -0.2) is 69.9 Å². The fourth-order valence-electron chi connectivity index (χ4n) is 5.45. The van der Waals surface area contributed by atoms with E-state index in [1.54, 1.807) is 43.7 Å². The zero-order chi connectivity index (χ0) is 30.8. The molecule has 0 bridgehead atoms. The van der Waals surface area contributed by atoms with E-state index in [0.717, 1.165) is 28.8 Å². The summed E-state index contributed by atoms with van der Waals surface area (Å²) in [5.41, 5.74) is 6.52. The van der Waals surface area contributed by atoms with Crippen LogP contribution < -0.4 is 26.0 Å². The maximum atomic E-state index is 13.5. The number of ether oxygens (including phenoxy) is 2. The van der Waals surface area contributed by atoms with Gasteiger partial charge in [-0.1, -0.05) is 6.92 Å². The zero-order valence-corrected chi connectivity index (χ0v) is 26.4. The summed E-state index contributed by atoms with van der Waals surface area (Å²) in [7, 11) is 0.782. The summed E-state index contributed by atoms with van der Waals surface area (Å²) in [6.45, 7) is 7.66. The molecule has 0 aliphatic carbocycles. The molecule has 1 fully saturated rings. The van der Waals surface area contributed by atoms with Crippen molar-refractivity contribution >= 4 is 46.6 Å². The Labute approximate surface area is 256 Å². The minimum Gasteiger partial charge on any atom is -0.495 e. The minimum absolute atomic E-state index is 0.133. The largest absolute Gasteiger partial charge is 0.495 e. The highest BCUT2D eigenvalue weighted by Gasteiger charge is 2.25. The maximum Gasteiger partial charge on any atom is 0.229 e. The average molecular weight is 614 g/mol. The van der Waals surface area contributed by atoms with E-state index in [1.807, 2.05) is 50.6 Å². The molecule has 13 heteroatoms. The first-order valence-electron chi connectivity index (χ1n) is 14.5. The fourth-order valence-corrected chi connectivity index (χ4v) is 6.85. The van der Waals surface area contributed by atoms with Gasteiger partial charge in [-0.2, -0.15) is 10.1 Å². The van der Waals surface area contributed by atoms with Crippen LogP contribution in [0.2, 0.25) is 0 Å². The number of aryl methyl sites for hydroxylation is 2. The molecule has 1 aliphatic heterocycles. The molecule has 0 spiro atoms. The van der Waals surface area contributed by atoms with Gasteiger partial charge in [0.1, 0.15) is 24.2 Å². The molecule has 1 unspecified atom stereocenters. The quantitative estimate of drug-likeness (QED) is 0.198. The van der Waals surface area contributed by atoms with Crippen LogP contribution >= 0.6 is 7.14 Å². The van der Waals surface area contributed by atoms with E-state index in [4.69, 9.17) is 14.5 Å². The molecule has 0 radical (unpaired) electrons. The van der Waals surface area contributed by atoms with Crippen LogP contribution in [0.3, 0.4) is 0 Å². The number of nitrogens with zero attached hydrogens (tertiary/aromatic N) is 6. The lowest BCUT2D eigenvalue weighted by Gasteiger charge is -2.27. The maximum absolute atomic E-state index is 13.5. The molecule has 5 aromatic rings. The van der Waals surface area contributed by atoms with Gasteiger partial charge in [-0.25, -0.2) is 4.98 Å². The molecule has 0 amide bonds. The van der Waals surface area contributed by atoms with E-state index in [-0.39, 0.29) is 6.10 Å². The number of hydrogen-bond acceptors (Lipinski definition) is 11. The van der Waals surface area contributed by atoms with Gasteiger partial charge in [0.15, 0.2) is 0 Å². The molecule has 2 aromatic carbocycles. The lowest BCUT2D eigenvalue weighted by molar-refractivity contribution is 0.0279. The first-order valence-corrected chi connectivity index (χ1v) is 17.1. The molecule has 0 saturated carbocycles. The van der Waals surface area contributed by atoms with E-state index >= 15 is 0 Å². The van der Waals surface area contributed by atoms with Crippen molar-refractivity contribution in [2.45, 2.75) is 19.4 Å². The second-order valence-electron chi connectivity index (χ2n) is 11.0. The number of benzene rings is 2. The van der Waals surface area contributed by atoms with Crippen molar-refractivity contribution in [2.24, 2.45) is 7.05 Å². The van der Waals surface area contributed by atoms with E-state index in [9.17, 15) is 4.57 Å². The lowest BCUT2D eigenvalue weighted by Crippen LogP contribution is -2.33. The monoisotopic (exact) mass is 613 g/mol. The van der Waals surface area contributed by atoms with Crippen LogP contribution in [0, 0.1) is 0 Å². The Morgan fingerprint density at radius 3 is 2.66 bits per heavy atom. The van der Waals surface area contributed by atoms with Crippen LogP contribution in [0.5, 0.6) is 5.75 Å². The number of rotatable bonds is 9. The zero-order valence-electron chi connectivity index (χ0n) is 25.5. The molecule has 1 atom stereocenters. The predicted molar refractivity (Wildman–Crippen MR) is 173 cm³/mol. The van der Waals surface area contributed by atoms with Gasteiger partial charge in [-0.3, -0.25) is 14.6 Å². The number of aromatic nitrogens is 6. The summed E-state index contributed by atoms with van der Waals surface area (Å²) in [4.78, 5) is 18.4. The molecule has 3 N–H and O–H groups in total. The van der Waals surface area contributed by atoms with Crippen LogP contribution in [-0.2, 0) is 22.8 Å². The SMILES string of the molecule is CCc1cnc(Nc2cc(-c3cnn(C)c3)c(C3CNCCO3)cc2OC)nc1Nc1ccc2nccnc2c1P(C)(C)=O. The fraction of sp³-hybridized carbons (Fsp3) is 0.323. The number of anilines is 4.